The molecule has 5 rings (SSSR count). The van der Waals surface area contributed by atoms with Crippen molar-refractivity contribution in [2.75, 3.05) is 11.1 Å². The van der Waals surface area contributed by atoms with Crippen LogP contribution in [0.2, 0.25) is 0 Å². The van der Waals surface area contributed by atoms with Gasteiger partial charge >= 0.3 is 0 Å². The molecule has 0 spiro atoms. The van der Waals surface area contributed by atoms with E-state index in [4.69, 9.17) is 10.7 Å². The number of nitrogens with zero attached hydrogens (tertiary/aromatic N) is 5. The Morgan fingerprint density at radius 3 is 2.94 bits per heavy atom. The number of nitrogens with one attached hydrogen (secondary N) is 2. The predicted octanol–water partition coefficient (Wildman–Crippen LogP) is 3.29. The van der Waals surface area contributed by atoms with Gasteiger partial charge in [0.1, 0.15) is 11.3 Å². The van der Waals surface area contributed by atoms with Gasteiger partial charge in [-0.1, -0.05) is 12.1 Å². The van der Waals surface area contributed by atoms with Crippen LogP contribution in [-0.4, -0.2) is 29.3 Å². The standard InChI is InChI=1S/C20H17FN8OS/c1-9-7-31-20-26-14(13(18(30)29(9)20)11-4-3-5-12(21)6-11)10(2)25-17-15-16(24-8-23-15)27-19(22)28-17/h3-8,10H,1-2H3,(H4,22,23,24,25,27,28)/t10-/m0/s1. The van der Waals surface area contributed by atoms with E-state index in [-0.39, 0.29) is 11.5 Å². The number of hydrogen-bond acceptors (Lipinski definition) is 8. The van der Waals surface area contributed by atoms with Gasteiger partial charge in [0, 0.05) is 11.1 Å². The zero-order valence-corrected chi connectivity index (χ0v) is 17.4. The SMILES string of the molecule is Cc1csc2nc([C@H](C)Nc3nc(N)nc4nc[nH]c34)c(-c3cccc(F)c3)c(=O)n12. The second kappa shape index (κ2) is 7.13. The number of benzene rings is 1. The van der Waals surface area contributed by atoms with Gasteiger partial charge in [0.05, 0.1) is 23.6 Å². The first-order valence-electron chi connectivity index (χ1n) is 9.42. The number of rotatable bonds is 4. The van der Waals surface area contributed by atoms with Crippen molar-refractivity contribution in [1.29, 1.82) is 0 Å². The summed E-state index contributed by atoms with van der Waals surface area (Å²) < 4.78 is 15.5. The number of halogens is 1. The number of imidazole rings is 1. The Hall–Kier alpha value is -3.86. The second-order valence-corrected chi connectivity index (χ2v) is 7.92. The quantitative estimate of drug-likeness (QED) is 0.394. The Morgan fingerprint density at radius 1 is 1.29 bits per heavy atom. The van der Waals surface area contributed by atoms with Gasteiger partial charge in [-0.25, -0.2) is 14.4 Å². The summed E-state index contributed by atoms with van der Waals surface area (Å²) in [5.41, 5.74) is 8.57. The maximum Gasteiger partial charge on any atom is 0.266 e. The third kappa shape index (κ3) is 3.19. The number of anilines is 2. The Labute approximate surface area is 178 Å². The third-order valence-corrected chi connectivity index (χ3v) is 5.89. The Morgan fingerprint density at radius 2 is 2.13 bits per heavy atom. The van der Waals surface area contributed by atoms with E-state index in [0.717, 1.165) is 5.69 Å². The first kappa shape index (κ1) is 19.1. The van der Waals surface area contributed by atoms with Crippen molar-refractivity contribution in [3.8, 4) is 11.1 Å². The molecule has 9 nitrogen and oxygen atoms in total. The highest BCUT2D eigenvalue weighted by molar-refractivity contribution is 7.15. The highest BCUT2D eigenvalue weighted by Crippen LogP contribution is 2.29. The normalized spacial score (nSPS) is 12.5. The van der Waals surface area contributed by atoms with Crippen molar-refractivity contribution >= 4 is 39.2 Å². The third-order valence-electron chi connectivity index (χ3n) is 4.95. The molecule has 0 radical (unpaired) electrons. The van der Waals surface area contributed by atoms with Gasteiger partial charge in [-0.3, -0.25) is 9.20 Å². The molecule has 0 amide bonds. The van der Waals surface area contributed by atoms with Gasteiger partial charge < -0.3 is 16.0 Å². The lowest BCUT2D eigenvalue weighted by atomic mass is 10.0. The van der Waals surface area contributed by atoms with Gasteiger partial charge in [-0.2, -0.15) is 9.97 Å². The monoisotopic (exact) mass is 436 g/mol. The van der Waals surface area contributed by atoms with Gasteiger partial charge in [-0.05, 0) is 31.5 Å². The van der Waals surface area contributed by atoms with Crippen LogP contribution < -0.4 is 16.6 Å². The van der Waals surface area contributed by atoms with Crippen LogP contribution in [-0.2, 0) is 0 Å². The number of nitrogens with two attached hydrogens (primary N) is 1. The Balaban J connectivity index is 1.70. The predicted molar refractivity (Wildman–Crippen MR) is 118 cm³/mol. The van der Waals surface area contributed by atoms with Crippen LogP contribution in [0.4, 0.5) is 16.2 Å². The fourth-order valence-electron chi connectivity index (χ4n) is 3.55. The molecule has 1 atom stereocenters. The highest BCUT2D eigenvalue weighted by Gasteiger charge is 2.23. The van der Waals surface area contributed by atoms with Crippen molar-refractivity contribution in [2.45, 2.75) is 19.9 Å². The number of nitrogen functional groups attached to an aromatic ring is 1. The summed E-state index contributed by atoms with van der Waals surface area (Å²) >= 11 is 1.37. The number of thiazole rings is 1. The van der Waals surface area contributed by atoms with Crippen LogP contribution in [0.1, 0.15) is 24.4 Å². The molecule has 0 fully saturated rings. The summed E-state index contributed by atoms with van der Waals surface area (Å²) in [6, 6.07) is 5.47. The molecule has 0 unspecified atom stereocenters. The number of aromatic nitrogens is 6. The van der Waals surface area contributed by atoms with E-state index in [1.165, 1.54) is 34.2 Å². The first-order valence-corrected chi connectivity index (χ1v) is 10.3. The first-order chi connectivity index (χ1) is 14.9. The molecule has 31 heavy (non-hydrogen) atoms. The molecule has 11 heteroatoms. The van der Waals surface area contributed by atoms with E-state index in [1.54, 1.807) is 12.1 Å². The van der Waals surface area contributed by atoms with Gasteiger partial charge in [0.25, 0.3) is 5.56 Å². The molecule has 0 aliphatic heterocycles. The summed E-state index contributed by atoms with van der Waals surface area (Å²) in [6.07, 6.45) is 1.50. The summed E-state index contributed by atoms with van der Waals surface area (Å²) in [6.45, 7) is 3.68. The Kier molecular flexibility index (Phi) is 4.40. The molecule has 0 aliphatic rings. The molecular formula is C20H17FN8OS. The smallest absolute Gasteiger partial charge is 0.266 e. The summed E-state index contributed by atoms with van der Waals surface area (Å²) in [7, 11) is 0. The van der Waals surface area contributed by atoms with Crippen molar-refractivity contribution in [3.63, 3.8) is 0 Å². The minimum absolute atomic E-state index is 0.0667. The molecule has 0 bridgehead atoms. The molecule has 1 aromatic carbocycles. The minimum Gasteiger partial charge on any atom is -0.368 e. The van der Waals surface area contributed by atoms with Crippen LogP contribution in [0, 0.1) is 12.7 Å². The maximum atomic E-state index is 14.0. The summed E-state index contributed by atoms with van der Waals surface area (Å²) in [5.74, 6) is 0.0670. The van der Waals surface area contributed by atoms with Crippen LogP contribution in [0.25, 0.3) is 27.3 Å². The zero-order chi connectivity index (χ0) is 21.7. The van der Waals surface area contributed by atoms with Crippen molar-refractivity contribution in [1.82, 2.24) is 29.3 Å². The van der Waals surface area contributed by atoms with E-state index in [1.807, 2.05) is 19.2 Å². The average molecular weight is 436 g/mol. The van der Waals surface area contributed by atoms with Crippen molar-refractivity contribution in [2.24, 2.45) is 0 Å². The topological polar surface area (TPSA) is 127 Å². The molecule has 5 aromatic rings. The van der Waals surface area contributed by atoms with Crippen LogP contribution in [0.3, 0.4) is 0 Å². The largest absolute Gasteiger partial charge is 0.368 e. The average Bonchev–Trinajstić information content (AvgIpc) is 3.34. The lowest BCUT2D eigenvalue weighted by molar-refractivity contribution is 0.628. The molecular weight excluding hydrogens is 419 g/mol. The zero-order valence-electron chi connectivity index (χ0n) is 16.5. The van der Waals surface area contributed by atoms with Crippen molar-refractivity contribution in [3.05, 3.63) is 63.5 Å². The number of fused-ring (bicyclic) bond motifs is 2. The highest BCUT2D eigenvalue weighted by atomic mass is 32.1. The molecule has 0 saturated carbocycles. The van der Waals surface area contributed by atoms with E-state index >= 15 is 0 Å². The van der Waals surface area contributed by atoms with Gasteiger partial charge in [0.15, 0.2) is 16.4 Å². The molecule has 156 valence electrons. The number of aromatic amines is 1. The number of hydrogen-bond donors (Lipinski definition) is 3. The molecule has 0 saturated heterocycles. The fourth-order valence-corrected chi connectivity index (χ4v) is 4.42. The second-order valence-electron chi connectivity index (χ2n) is 7.08. The molecule has 4 aromatic heterocycles. The van der Waals surface area contributed by atoms with Crippen LogP contribution in [0.15, 0.2) is 40.8 Å². The minimum atomic E-state index is -0.459. The van der Waals surface area contributed by atoms with E-state index in [2.05, 4.69) is 25.3 Å². The fraction of sp³-hybridized carbons (Fsp3) is 0.150. The molecule has 4 heterocycles. The number of aryl methyl sites for hydroxylation is 1. The van der Waals surface area contributed by atoms with E-state index in [0.29, 0.717) is 38.8 Å². The summed E-state index contributed by atoms with van der Waals surface area (Å²) in [5, 5.41) is 5.11. The lowest BCUT2D eigenvalue weighted by Crippen LogP contribution is -2.23. The van der Waals surface area contributed by atoms with Gasteiger partial charge in [0.2, 0.25) is 5.95 Å². The van der Waals surface area contributed by atoms with Gasteiger partial charge in [-0.15, -0.1) is 11.3 Å². The van der Waals surface area contributed by atoms with E-state index in [9.17, 15) is 9.18 Å². The van der Waals surface area contributed by atoms with Crippen LogP contribution >= 0.6 is 11.3 Å². The van der Waals surface area contributed by atoms with Crippen LogP contribution in [0.5, 0.6) is 0 Å². The van der Waals surface area contributed by atoms with E-state index < -0.39 is 11.9 Å². The molecule has 4 N–H and O–H groups in total. The maximum absolute atomic E-state index is 14.0. The Bertz CT molecular complexity index is 1500. The molecule has 0 aliphatic carbocycles. The van der Waals surface area contributed by atoms with Crippen molar-refractivity contribution < 1.29 is 4.39 Å². The summed E-state index contributed by atoms with van der Waals surface area (Å²) in [4.78, 5) is 34.2. The lowest BCUT2D eigenvalue weighted by Gasteiger charge is -2.18. The number of H-pyrrole nitrogens is 1.